The van der Waals surface area contributed by atoms with E-state index in [0.717, 1.165) is 32.5 Å². The number of hydrogen-bond acceptors (Lipinski definition) is 2. The van der Waals surface area contributed by atoms with Crippen molar-refractivity contribution in [2.45, 2.75) is 18.9 Å². The number of nitrogens with one attached hydrogen (secondary N) is 2. The summed E-state index contributed by atoms with van der Waals surface area (Å²) >= 11 is 15.8. The number of aryl methyl sites for hydroxylation is 1. The molecule has 142 valence electrons. The van der Waals surface area contributed by atoms with Crippen molar-refractivity contribution in [2.75, 3.05) is 10.6 Å². The highest BCUT2D eigenvalue weighted by atomic mass is 79.9. The Morgan fingerprint density at radius 2 is 1.82 bits per heavy atom. The second-order valence-electron chi connectivity index (χ2n) is 6.94. The molecule has 1 amide bonds. The van der Waals surface area contributed by atoms with Crippen LogP contribution < -0.4 is 10.6 Å². The van der Waals surface area contributed by atoms with Gasteiger partial charge in [-0.3, -0.25) is 4.79 Å². The summed E-state index contributed by atoms with van der Waals surface area (Å²) in [4.78, 5) is 13.3. The molecule has 0 aliphatic carbocycles. The van der Waals surface area contributed by atoms with Gasteiger partial charge in [-0.2, -0.15) is 0 Å². The fraction of sp³-hybridized carbons (Fsp3) is 0.136. The SMILES string of the molecule is Cc1cc(Br)ccc1NC1(Cc2cccc(Cl)c2)C(=O)Nc2cc(Cl)ccc21. The van der Waals surface area contributed by atoms with Gasteiger partial charge in [-0.05, 0) is 60.5 Å². The Bertz CT molecular complexity index is 1090. The number of rotatable bonds is 4. The quantitative estimate of drug-likeness (QED) is 0.448. The third-order valence-corrected chi connectivity index (χ3v) is 5.94. The molecule has 1 aliphatic heterocycles. The van der Waals surface area contributed by atoms with E-state index in [0.29, 0.717) is 16.5 Å². The predicted octanol–water partition coefficient (Wildman–Crippen LogP) is 6.57. The van der Waals surface area contributed by atoms with E-state index in [4.69, 9.17) is 23.2 Å². The van der Waals surface area contributed by atoms with Gasteiger partial charge in [0.05, 0.1) is 0 Å². The van der Waals surface area contributed by atoms with Gasteiger partial charge in [-0.1, -0.05) is 57.3 Å². The zero-order valence-electron chi connectivity index (χ0n) is 15.0. The summed E-state index contributed by atoms with van der Waals surface area (Å²) in [7, 11) is 0. The largest absolute Gasteiger partial charge is 0.367 e. The lowest BCUT2D eigenvalue weighted by atomic mass is 9.84. The highest BCUT2D eigenvalue weighted by Crippen LogP contribution is 2.43. The number of amides is 1. The Labute approximate surface area is 182 Å². The average molecular weight is 476 g/mol. The predicted molar refractivity (Wildman–Crippen MR) is 119 cm³/mol. The minimum Gasteiger partial charge on any atom is -0.367 e. The molecule has 1 aliphatic rings. The van der Waals surface area contributed by atoms with Crippen LogP contribution in [0.15, 0.2) is 65.1 Å². The third kappa shape index (κ3) is 3.52. The molecule has 3 aromatic carbocycles. The minimum absolute atomic E-state index is 0.118. The van der Waals surface area contributed by atoms with Crippen LogP contribution in [0.1, 0.15) is 16.7 Å². The zero-order valence-corrected chi connectivity index (χ0v) is 18.1. The van der Waals surface area contributed by atoms with Gasteiger partial charge in [0.2, 0.25) is 0 Å². The van der Waals surface area contributed by atoms with Crippen LogP contribution in [0.5, 0.6) is 0 Å². The fourth-order valence-electron chi connectivity index (χ4n) is 3.64. The molecule has 0 saturated carbocycles. The van der Waals surface area contributed by atoms with Crippen LogP contribution in [0, 0.1) is 6.92 Å². The van der Waals surface area contributed by atoms with Crippen LogP contribution in [-0.2, 0) is 16.8 Å². The van der Waals surface area contributed by atoms with E-state index >= 15 is 0 Å². The van der Waals surface area contributed by atoms with E-state index in [1.165, 1.54) is 0 Å². The van der Waals surface area contributed by atoms with Gasteiger partial charge in [-0.25, -0.2) is 0 Å². The Morgan fingerprint density at radius 1 is 1.04 bits per heavy atom. The Kier molecular flexibility index (Phi) is 5.13. The standard InChI is InChI=1S/C22H17BrCl2N2O/c1-13-9-15(23)5-8-19(13)27-22(12-14-3-2-4-16(24)10-14)18-7-6-17(25)11-20(18)26-21(22)28/h2-11,27H,12H2,1H3,(H,26,28). The molecule has 0 aromatic heterocycles. The maximum atomic E-state index is 13.3. The van der Waals surface area contributed by atoms with Crippen LogP contribution >= 0.6 is 39.1 Å². The number of hydrogen-bond donors (Lipinski definition) is 2. The van der Waals surface area contributed by atoms with Gasteiger partial charge in [0.25, 0.3) is 5.91 Å². The van der Waals surface area contributed by atoms with Gasteiger partial charge < -0.3 is 10.6 Å². The smallest absolute Gasteiger partial charge is 0.255 e. The highest BCUT2D eigenvalue weighted by Gasteiger charge is 2.47. The monoisotopic (exact) mass is 474 g/mol. The molecule has 0 bridgehead atoms. The van der Waals surface area contributed by atoms with Gasteiger partial charge in [0, 0.05) is 37.9 Å². The van der Waals surface area contributed by atoms with Crippen LogP contribution in [-0.4, -0.2) is 5.91 Å². The first-order valence-electron chi connectivity index (χ1n) is 8.78. The van der Waals surface area contributed by atoms with E-state index in [-0.39, 0.29) is 5.91 Å². The molecule has 0 saturated heterocycles. The first kappa shape index (κ1) is 19.3. The molecular weight excluding hydrogens is 459 g/mol. The Hall–Kier alpha value is -2.01. The third-order valence-electron chi connectivity index (χ3n) is 4.97. The van der Waals surface area contributed by atoms with Crippen molar-refractivity contribution < 1.29 is 4.79 Å². The van der Waals surface area contributed by atoms with E-state index in [1.54, 1.807) is 6.07 Å². The summed E-state index contributed by atoms with van der Waals surface area (Å²) in [5.74, 6) is -0.118. The number of anilines is 2. The summed E-state index contributed by atoms with van der Waals surface area (Å²) in [6, 6.07) is 19.0. The molecule has 28 heavy (non-hydrogen) atoms. The molecule has 6 heteroatoms. The summed E-state index contributed by atoms with van der Waals surface area (Å²) < 4.78 is 0.988. The van der Waals surface area contributed by atoms with Gasteiger partial charge in [-0.15, -0.1) is 0 Å². The van der Waals surface area contributed by atoms with E-state index in [1.807, 2.05) is 61.5 Å². The van der Waals surface area contributed by atoms with Gasteiger partial charge in [0.1, 0.15) is 5.54 Å². The number of halogens is 3. The normalized spacial score (nSPS) is 17.9. The van der Waals surface area contributed by atoms with Crippen molar-refractivity contribution in [3.63, 3.8) is 0 Å². The molecule has 4 rings (SSSR count). The molecule has 1 atom stereocenters. The highest BCUT2D eigenvalue weighted by molar-refractivity contribution is 9.10. The summed E-state index contributed by atoms with van der Waals surface area (Å²) in [6.07, 6.45) is 0.448. The van der Waals surface area contributed by atoms with Crippen LogP contribution in [0.2, 0.25) is 10.0 Å². The van der Waals surface area contributed by atoms with E-state index in [2.05, 4.69) is 26.6 Å². The lowest BCUT2D eigenvalue weighted by Crippen LogP contribution is -2.44. The Balaban J connectivity index is 1.85. The topological polar surface area (TPSA) is 41.1 Å². The van der Waals surface area contributed by atoms with Crippen LogP contribution in [0.3, 0.4) is 0 Å². The number of carbonyl (C=O) groups is 1. The van der Waals surface area contributed by atoms with Crippen molar-refractivity contribution in [3.05, 3.63) is 91.9 Å². The second-order valence-corrected chi connectivity index (χ2v) is 8.73. The van der Waals surface area contributed by atoms with E-state index < -0.39 is 5.54 Å². The van der Waals surface area contributed by atoms with Gasteiger partial charge >= 0.3 is 0 Å². The van der Waals surface area contributed by atoms with Crippen LogP contribution in [0.25, 0.3) is 0 Å². The average Bonchev–Trinajstić information content (AvgIpc) is 2.88. The Morgan fingerprint density at radius 3 is 2.57 bits per heavy atom. The lowest BCUT2D eigenvalue weighted by Gasteiger charge is -2.31. The summed E-state index contributed by atoms with van der Waals surface area (Å²) in [5, 5.41) is 7.73. The van der Waals surface area contributed by atoms with E-state index in [9.17, 15) is 4.79 Å². The maximum absolute atomic E-state index is 13.3. The molecular formula is C22H17BrCl2N2O. The molecule has 2 N–H and O–H groups in total. The number of carbonyl (C=O) groups excluding carboxylic acids is 1. The molecule has 3 aromatic rings. The molecule has 0 fully saturated rings. The maximum Gasteiger partial charge on any atom is 0.255 e. The fourth-order valence-corrected chi connectivity index (χ4v) is 4.50. The minimum atomic E-state index is -0.969. The van der Waals surface area contributed by atoms with Crippen molar-refractivity contribution in [2.24, 2.45) is 0 Å². The zero-order chi connectivity index (χ0) is 19.9. The molecule has 0 radical (unpaired) electrons. The number of benzene rings is 3. The summed E-state index contributed by atoms with van der Waals surface area (Å²) in [5.41, 5.74) is 3.51. The second kappa shape index (κ2) is 7.43. The molecule has 3 nitrogen and oxygen atoms in total. The van der Waals surface area contributed by atoms with Crippen molar-refractivity contribution in [3.8, 4) is 0 Å². The van der Waals surface area contributed by atoms with Crippen molar-refractivity contribution in [1.82, 2.24) is 0 Å². The summed E-state index contributed by atoms with van der Waals surface area (Å²) in [6.45, 7) is 2.01. The number of fused-ring (bicyclic) bond motifs is 1. The molecule has 1 unspecified atom stereocenters. The van der Waals surface area contributed by atoms with Crippen molar-refractivity contribution >= 4 is 56.4 Å². The molecule has 0 spiro atoms. The van der Waals surface area contributed by atoms with Gasteiger partial charge in [0.15, 0.2) is 0 Å². The lowest BCUT2D eigenvalue weighted by molar-refractivity contribution is -0.119. The van der Waals surface area contributed by atoms with Crippen molar-refractivity contribution in [1.29, 1.82) is 0 Å². The van der Waals surface area contributed by atoms with Crippen LogP contribution in [0.4, 0.5) is 11.4 Å². The first-order valence-corrected chi connectivity index (χ1v) is 10.3. The molecule has 1 heterocycles. The first-order chi connectivity index (χ1) is 13.4.